The molecule has 1 fully saturated rings. The number of hydrogen-bond acceptors (Lipinski definition) is 4. The van der Waals surface area contributed by atoms with E-state index in [9.17, 15) is 20.0 Å². The van der Waals surface area contributed by atoms with Gasteiger partial charge in [0, 0.05) is 17.8 Å². The van der Waals surface area contributed by atoms with Gasteiger partial charge >= 0.3 is 6.03 Å². The molecule has 0 aromatic heterocycles. The summed E-state index contributed by atoms with van der Waals surface area (Å²) in [6.07, 6.45) is 2.91. The monoisotopic (exact) mass is 279 g/mol. The van der Waals surface area contributed by atoms with E-state index in [-0.39, 0.29) is 11.7 Å². The van der Waals surface area contributed by atoms with E-state index in [0.29, 0.717) is 12.1 Å². The van der Waals surface area contributed by atoms with Crippen LogP contribution in [0.25, 0.3) is 0 Å². The fraction of sp³-hybridized carbons (Fsp3) is 0.462. The second kappa shape index (κ2) is 6.33. The fourth-order valence-electron chi connectivity index (χ4n) is 2.28. The Bertz CT molecular complexity index is 489. The zero-order valence-corrected chi connectivity index (χ0v) is 10.9. The van der Waals surface area contributed by atoms with Crippen LogP contribution >= 0.6 is 0 Å². The molecule has 2 unspecified atom stereocenters. The summed E-state index contributed by atoms with van der Waals surface area (Å²) in [7, 11) is 0. The van der Waals surface area contributed by atoms with Crippen LogP contribution in [0.2, 0.25) is 0 Å². The van der Waals surface area contributed by atoms with Crippen LogP contribution in [0.4, 0.5) is 16.2 Å². The molecular weight excluding hydrogens is 262 g/mol. The molecule has 0 spiro atoms. The SMILES string of the molecule is O=C(Nc1ccc([N+](=O)[O-])cc1)NC1CCCCC1O. The Kier molecular flexibility index (Phi) is 4.52. The molecule has 2 atom stereocenters. The number of rotatable bonds is 3. The Labute approximate surface area is 116 Å². The van der Waals surface area contributed by atoms with E-state index in [0.717, 1.165) is 19.3 Å². The van der Waals surface area contributed by atoms with Gasteiger partial charge in [0.25, 0.3) is 5.69 Å². The smallest absolute Gasteiger partial charge is 0.319 e. The van der Waals surface area contributed by atoms with Gasteiger partial charge in [0.1, 0.15) is 0 Å². The lowest BCUT2D eigenvalue weighted by molar-refractivity contribution is -0.384. The normalized spacial score (nSPS) is 22.1. The van der Waals surface area contributed by atoms with Gasteiger partial charge in [-0.15, -0.1) is 0 Å². The van der Waals surface area contributed by atoms with Crippen molar-refractivity contribution in [3.05, 3.63) is 34.4 Å². The molecule has 2 rings (SSSR count). The Hall–Kier alpha value is -2.15. The van der Waals surface area contributed by atoms with E-state index < -0.39 is 17.1 Å². The molecule has 2 amide bonds. The highest BCUT2D eigenvalue weighted by molar-refractivity contribution is 5.89. The summed E-state index contributed by atoms with van der Waals surface area (Å²) in [4.78, 5) is 21.8. The van der Waals surface area contributed by atoms with E-state index in [2.05, 4.69) is 10.6 Å². The second-order valence-electron chi connectivity index (χ2n) is 4.86. The first-order chi connectivity index (χ1) is 9.56. The van der Waals surface area contributed by atoms with Crippen LogP contribution in [-0.4, -0.2) is 28.2 Å². The van der Waals surface area contributed by atoms with Crippen molar-refractivity contribution in [2.45, 2.75) is 37.8 Å². The van der Waals surface area contributed by atoms with E-state index in [4.69, 9.17) is 0 Å². The van der Waals surface area contributed by atoms with Crippen molar-refractivity contribution in [2.24, 2.45) is 0 Å². The quantitative estimate of drug-likeness (QED) is 0.581. The molecule has 20 heavy (non-hydrogen) atoms. The van der Waals surface area contributed by atoms with Gasteiger partial charge in [-0.05, 0) is 25.0 Å². The molecule has 7 heteroatoms. The molecule has 0 saturated heterocycles. The van der Waals surface area contributed by atoms with Crippen molar-refractivity contribution >= 4 is 17.4 Å². The molecule has 0 heterocycles. The molecule has 1 aliphatic carbocycles. The van der Waals surface area contributed by atoms with Gasteiger partial charge < -0.3 is 15.7 Å². The number of non-ortho nitro benzene ring substituents is 1. The van der Waals surface area contributed by atoms with Crippen molar-refractivity contribution < 1.29 is 14.8 Å². The van der Waals surface area contributed by atoms with Crippen molar-refractivity contribution in [1.82, 2.24) is 5.32 Å². The Morgan fingerprint density at radius 1 is 1.25 bits per heavy atom. The van der Waals surface area contributed by atoms with Gasteiger partial charge in [-0.25, -0.2) is 4.79 Å². The molecule has 7 nitrogen and oxygen atoms in total. The van der Waals surface area contributed by atoms with Crippen LogP contribution in [-0.2, 0) is 0 Å². The summed E-state index contributed by atoms with van der Waals surface area (Å²) in [5, 5.41) is 25.6. The first-order valence-corrected chi connectivity index (χ1v) is 6.56. The highest BCUT2D eigenvalue weighted by Gasteiger charge is 2.24. The lowest BCUT2D eigenvalue weighted by Crippen LogP contribution is -2.46. The Morgan fingerprint density at radius 3 is 2.50 bits per heavy atom. The number of urea groups is 1. The first kappa shape index (κ1) is 14.3. The molecule has 3 N–H and O–H groups in total. The number of nitrogens with one attached hydrogen (secondary N) is 2. The highest BCUT2D eigenvalue weighted by atomic mass is 16.6. The maximum atomic E-state index is 11.8. The van der Waals surface area contributed by atoms with Gasteiger partial charge in [-0.2, -0.15) is 0 Å². The number of nitro groups is 1. The van der Waals surface area contributed by atoms with E-state index in [1.165, 1.54) is 24.3 Å². The summed E-state index contributed by atoms with van der Waals surface area (Å²) in [5.74, 6) is 0. The number of anilines is 1. The minimum atomic E-state index is -0.508. The molecule has 1 aromatic carbocycles. The van der Waals surface area contributed by atoms with Crippen LogP contribution in [0.5, 0.6) is 0 Å². The number of carbonyl (C=O) groups excluding carboxylic acids is 1. The minimum Gasteiger partial charge on any atom is -0.391 e. The number of amides is 2. The highest BCUT2D eigenvalue weighted by Crippen LogP contribution is 2.19. The topological polar surface area (TPSA) is 104 Å². The number of aliphatic hydroxyl groups excluding tert-OH is 1. The standard InChI is InChI=1S/C13H17N3O4/c17-12-4-2-1-3-11(12)15-13(18)14-9-5-7-10(8-6-9)16(19)20/h5-8,11-12,17H,1-4H2,(H2,14,15,18). The molecule has 1 saturated carbocycles. The van der Waals surface area contributed by atoms with Crippen molar-refractivity contribution in [3.8, 4) is 0 Å². The molecule has 108 valence electrons. The zero-order chi connectivity index (χ0) is 14.5. The number of nitro benzene ring substituents is 1. The predicted octanol–water partition coefficient (Wildman–Crippen LogP) is 2.02. The van der Waals surface area contributed by atoms with Gasteiger partial charge in [0.2, 0.25) is 0 Å². The molecule has 1 aliphatic rings. The maximum Gasteiger partial charge on any atom is 0.319 e. The van der Waals surface area contributed by atoms with Gasteiger partial charge in [-0.3, -0.25) is 10.1 Å². The Morgan fingerprint density at radius 2 is 1.90 bits per heavy atom. The lowest BCUT2D eigenvalue weighted by atomic mass is 9.93. The van der Waals surface area contributed by atoms with Gasteiger partial charge in [0.05, 0.1) is 17.1 Å². The maximum absolute atomic E-state index is 11.8. The third-order valence-corrected chi connectivity index (χ3v) is 3.38. The van der Waals surface area contributed by atoms with Crippen LogP contribution in [0, 0.1) is 10.1 Å². The lowest BCUT2D eigenvalue weighted by Gasteiger charge is -2.28. The average Bonchev–Trinajstić information content (AvgIpc) is 2.42. The summed E-state index contributed by atoms with van der Waals surface area (Å²) < 4.78 is 0. The number of carbonyl (C=O) groups is 1. The largest absolute Gasteiger partial charge is 0.391 e. The number of nitrogens with zero attached hydrogens (tertiary/aromatic N) is 1. The van der Waals surface area contributed by atoms with Crippen LogP contribution in [0.3, 0.4) is 0 Å². The fourth-order valence-corrected chi connectivity index (χ4v) is 2.28. The average molecular weight is 279 g/mol. The molecule has 0 radical (unpaired) electrons. The van der Waals surface area contributed by atoms with E-state index >= 15 is 0 Å². The number of benzene rings is 1. The minimum absolute atomic E-state index is 0.0290. The van der Waals surface area contributed by atoms with Crippen molar-refractivity contribution in [1.29, 1.82) is 0 Å². The van der Waals surface area contributed by atoms with Gasteiger partial charge in [-0.1, -0.05) is 12.8 Å². The Balaban J connectivity index is 1.89. The van der Waals surface area contributed by atoms with Crippen LogP contribution < -0.4 is 10.6 Å². The molecule has 0 bridgehead atoms. The third kappa shape index (κ3) is 3.67. The third-order valence-electron chi connectivity index (χ3n) is 3.38. The molecular formula is C13H17N3O4. The summed E-state index contributed by atoms with van der Waals surface area (Å²) in [6, 6.07) is 4.94. The number of hydrogen-bond donors (Lipinski definition) is 3. The summed E-state index contributed by atoms with van der Waals surface area (Å²) in [6.45, 7) is 0. The second-order valence-corrected chi connectivity index (χ2v) is 4.86. The summed E-state index contributed by atoms with van der Waals surface area (Å²) in [5.41, 5.74) is 0.442. The van der Waals surface area contributed by atoms with E-state index in [1.807, 2.05) is 0 Å². The molecule has 1 aromatic rings. The van der Waals surface area contributed by atoms with E-state index in [1.54, 1.807) is 0 Å². The summed E-state index contributed by atoms with van der Waals surface area (Å²) >= 11 is 0. The van der Waals surface area contributed by atoms with Gasteiger partial charge in [0.15, 0.2) is 0 Å². The van der Waals surface area contributed by atoms with Crippen LogP contribution in [0.15, 0.2) is 24.3 Å². The zero-order valence-electron chi connectivity index (χ0n) is 10.9. The van der Waals surface area contributed by atoms with Crippen LogP contribution in [0.1, 0.15) is 25.7 Å². The first-order valence-electron chi connectivity index (χ1n) is 6.56. The van der Waals surface area contributed by atoms with Crippen molar-refractivity contribution in [2.75, 3.05) is 5.32 Å². The van der Waals surface area contributed by atoms with Crippen molar-refractivity contribution in [3.63, 3.8) is 0 Å². The predicted molar refractivity (Wildman–Crippen MR) is 73.5 cm³/mol. The number of aliphatic hydroxyl groups is 1. The molecule has 0 aliphatic heterocycles.